The molecule has 1 heteroatoms. The van der Waals surface area contributed by atoms with Crippen molar-refractivity contribution in [1.29, 1.82) is 0 Å². The van der Waals surface area contributed by atoms with Crippen molar-refractivity contribution in [3.63, 3.8) is 0 Å². The molecule has 1 nitrogen and oxygen atoms in total. The normalized spacial score (nSPS) is 14.4. The molecular weight excluding hydrogens is 591 g/mol. The molecule has 0 aromatic heterocycles. The number of para-hydroxylation sites is 1. The first-order valence-electron chi connectivity index (χ1n) is 17.4. The zero-order chi connectivity index (χ0) is 33.3. The van der Waals surface area contributed by atoms with Gasteiger partial charge in [-0.05, 0) is 86.0 Å². The lowest BCUT2D eigenvalue weighted by Gasteiger charge is -2.33. The van der Waals surface area contributed by atoms with Crippen molar-refractivity contribution in [1.82, 2.24) is 0 Å². The number of benzene rings is 7. The smallest absolute Gasteiger partial charge is 0.0543 e. The summed E-state index contributed by atoms with van der Waals surface area (Å²) in [7, 11) is 0. The van der Waals surface area contributed by atoms with Gasteiger partial charge in [-0.15, -0.1) is 0 Å². The number of rotatable bonds is 5. The number of fused-ring (bicyclic) bond motifs is 6. The SMILES string of the molecule is CC1(C)c2ccccc2-c2ccc(N(c3ccccc3-c3ccccc3)c3cc4c(cc3-c3ccccc3)-c3ccccc3C4(C)C)cc21. The summed E-state index contributed by atoms with van der Waals surface area (Å²) in [5.41, 5.74) is 18.9. The lowest BCUT2D eigenvalue weighted by atomic mass is 9.81. The van der Waals surface area contributed by atoms with Gasteiger partial charge >= 0.3 is 0 Å². The van der Waals surface area contributed by atoms with Gasteiger partial charge in [0.05, 0.1) is 11.4 Å². The average molecular weight is 630 g/mol. The second-order valence-electron chi connectivity index (χ2n) is 14.6. The van der Waals surface area contributed by atoms with Crippen LogP contribution in [-0.4, -0.2) is 0 Å². The third kappa shape index (κ3) is 4.46. The molecule has 0 atom stereocenters. The van der Waals surface area contributed by atoms with Crippen LogP contribution in [0, 0.1) is 0 Å². The van der Waals surface area contributed by atoms with Crippen LogP contribution >= 0.6 is 0 Å². The van der Waals surface area contributed by atoms with E-state index in [1.165, 1.54) is 72.4 Å². The Hall–Kier alpha value is -5.66. The van der Waals surface area contributed by atoms with Crippen LogP contribution in [-0.2, 0) is 10.8 Å². The molecule has 0 heterocycles. The van der Waals surface area contributed by atoms with Crippen molar-refractivity contribution in [2.75, 3.05) is 4.90 Å². The summed E-state index contributed by atoms with van der Waals surface area (Å²) >= 11 is 0. The van der Waals surface area contributed by atoms with Crippen molar-refractivity contribution in [2.24, 2.45) is 0 Å². The maximum atomic E-state index is 2.53. The quantitative estimate of drug-likeness (QED) is 0.183. The molecule has 0 radical (unpaired) electrons. The van der Waals surface area contributed by atoms with E-state index in [2.05, 4.69) is 196 Å². The van der Waals surface area contributed by atoms with Crippen LogP contribution in [0.4, 0.5) is 17.1 Å². The first kappa shape index (κ1) is 29.5. The van der Waals surface area contributed by atoms with Gasteiger partial charge in [-0.2, -0.15) is 0 Å². The van der Waals surface area contributed by atoms with E-state index in [1.54, 1.807) is 0 Å². The number of nitrogens with zero attached hydrogens (tertiary/aromatic N) is 1. The highest BCUT2D eigenvalue weighted by Crippen LogP contribution is 2.55. The van der Waals surface area contributed by atoms with Crippen molar-refractivity contribution in [3.8, 4) is 44.5 Å². The Labute approximate surface area is 290 Å². The molecule has 7 aromatic carbocycles. The summed E-state index contributed by atoms with van der Waals surface area (Å²) < 4.78 is 0. The Morgan fingerprint density at radius 3 is 1.43 bits per heavy atom. The molecule has 2 aliphatic carbocycles. The molecule has 0 unspecified atom stereocenters. The van der Waals surface area contributed by atoms with Crippen LogP contribution in [0.5, 0.6) is 0 Å². The maximum absolute atomic E-state index is 2.53. The van der Waals surface area contributed by atoms with E-state index >= 15 is 0 Å². The van der Waals surface area contributed by atoms with Crippen LogP contribution in [0.25, 0.3) is 44.5 Å². The maximum Gasteiger partial charge on any atom is 0.0543 e. The van der Waals surface area contributed by atoms with Crippen molar-refractivity contribution in [2.45, 2.75) is 38.5 Å². The van der Waals surface area contributed by atoms with Crippen molar-refractivity contribution >= 4 is 17.1 Å². The molecular formula is C48H39N. The van der Waals surface area contributed by atoms with Gasteiger partial charge < -0.3 is 4.90 Å². The second-order valence-corrected chi connectivity index (χ2v) is 14.6. The van der Waals surface area contributed by atoms with Crippen LogP contribution < -0.4 is 4.90 Å². The first-order chi connectivity index (χ1) is 23.8. The van der Waals surface area contributed by atoms with Crippen LogP contribution in [0.3, 0.4) is 0 Å². The molecule has 0 saturated heterocycles. The molecule has 236 valence electrons. The highest BCUT2D eigenvalue weighted by molar-refractivity contribution is 5.98. The Morgan fingerprint density at radius 2 is 0.796 bits per heavy atom. The van der Waals surface area contributed by atoms with Gasteiger partial charge in [0.25, 0.3) is 0 Å². The number of hydrogen-bond acceptors (Lipinski definition) is 1. The Balaban J connectivity index is 1.36. The van der Waals surface area contributed by atoms with Crippen LogP contribution in [0.15, 0.2) is 164 Å². The molecule has 0 saturated carbocycles. The van der Waals surface area contributed by atoms with Gasteiger partial charge in [0.2, 0.25) is 0 Å². The van der Waals surface area contributed by atoms with E-state index in [9.17, 15) is 0 Å². The Morgan fingerprint density at radius 1 is 0.327 bits per heavy atom. The third-order valence-electron chi connectivity index (χ3n) is 11.1. The van der Waals surface area contributed by atoms with E-state index in [4.69, 9.17) is 0 Å². The summed E-state index contributed by atoms with van der Waals surface area (Å²) in [6, 6.07) is 60.6. The third-order valence-corrected chi connectivity index (χ3v) is 11.1. The Kier molecular flexibility index (Phi) is 6.58. The summed E-state index contributed by atoms with van der Waals surface area (Å²) in [6.07, 6.45) is 0. The fourth-order valence-corrected chi connectivity index (χ4v) is 8.54. The predicted molar refractivity (Wildman–Crippen MR) is 207 cm³/mol. The zero-order valence-corrected chi connectivity index (χ0v) is 28.5. The molecule has 0 spiro atoms. The molecule has 0 N–H and O–H groups in total. The molecule has 0 aliphatic heterocycles. The Bertz CT molecular complexity index is 2380. The molecule has 2 aliphatic rings. The molecule has 9 rings (SSSR count). The van der Waals surface area contributed by atoms with E-state index < -0.39 is 0 Å². The minimum Gasteiger partial charge on any atom is -0.309 e. The van der Waals surface area contributed by atoms with E-state index in [1.807, 2.05) is 0 Å². The monoisotopic (exact) mass is 629 g/mol. The van der Waals surface area contributed by atoms with Gasteiger partial charge in [0.15, 0.2) is 0 Å². The van der Waals surface area contributed by atoms with Gasteiger partial charge in [-0.25, -0.2) is 0 Å². The summed E-state index contributed by atoms with van der Waals surface area (Å²) in [6.45, 7) is 9.49. The highest BCUT2D eigenvalue weighted by atomic mass is 15.1. The number of hydrogen-bond donors (Lipinski definition) is 0. The van der Waals surface area contributed by atoms with Gasteiger partial charge in [-0.3, -0.25) is 0 Å². The van der Waals surface area contributed by atoms with E-state index in [0.717, 1.165) is 11.4 Å². The summed E-state index contributed by atoms with van der Waals surface area (Å²) in [5.74, 6) is 0. The van der Waals surface area contributed by atoms with Crippen LogP contribution in [0.1, 0.15) is 49.9 Å². The van der Waals surface area contributed by atoms with E-state index in [-0.39, 0.29) is 10.8 Å². The largest absolute Gasteiger partial charge is 0.309 e. The molecule has 0 bridgehead atoms. The van der Waals surface area contributed by atoms with Crippen molar-refractivity contribution < 1.29 is 0 Å². The summed E-state index contributed by atoms with van der Waals surface area (Å²) in [5, 5.41) is 0. The summed E-state index contributed by atoms with van der Waals surface area (Å²) in [4.78, 5) is 2.53. The fraction of sp³-hybridized carbons (Fsp3) is 0.125. The first-order valence-corrected chi connectivity index (χ1v) is 17.4. The lowest BCUT2D eigenvalue weighted by Crippen LogP contribution is -2.19. The minimum atomic E-state index is -0.137. The van der Waals surface area contributed by atoms with E-state index in [0.29, 0.717) is 0 Å². The molecule has 0 fully saturated rings. The average Bonchev–Trinajstić information content (AvgIpc) is 3.51. The zero-order valence-electron chi connectivity index (χ0n) is 28.5. The fourth-order valence-electron chi connectivity index (χ4n) is 8.54. The predicted octanol–water partition coefficient (Wildman–Crippen LogP) is 13.1. The second kappa shape index (κ2) is 10.9. The topological polar surface area (TPSA) is 3.24 Å². The minimum absolute atomic E-state index is 0.115. The highest BCUT2D eigenvalue weighted by Gasteiger charge is 2.38. The molecule has 7 aromatic rings. The van der Waals surface area contributed by atoms with Crippen molar-refractivity contribution in [3.05, 3.63) is 186 Å². The molecule has 0 amide bonds. The number of anilines is 3. The standard InChI is InChI=1S/C48H39N/c1-47(2)41-24-14-11-22-36(41)38-28-27-34(29-43(38)47)49(45-26-16-13-21-35(45)32-17-7-5-8-18-32)46-31-44-40(30-39(46)33-19-9-6-10-20-33)37-23-12-15-25-42(37)48(44,3)4/h5-31H,1-4H3. The lowest BCUT2D eigenvalue weighted by molar-refractivity contribution is 0.660. The van der Waals surface area contributed by atoms with Crippen LogP contribution in [0.2, 0.25) is 0 Å². The molecule has 49 heavy (non-hydrogen) atoms. The van der Waals surface area contributed by atoms with Gasteiger partial charge in [-0.1, -0.05) is 161 Å². The van der Waals surface area contributed by atoms with Gasteiger partial charge in [0.1, 0.15) is 0 Å². The van der Waals surface area contributed by atoms with Gasteiger partial charge in [0, 0.05) is 27.6 Å².